The van der Waals surface area contributed by atoms with E-state index in [-0.39, 0.29) is 23.1 Å². The monoisotopic (exact) mass is 306 g/mol. The molecule has 0 amide bonds. The summed E-state index contributed by atoms with van der Waals surface area (Å²) >= 11 is 1.56. The Balaban J connectivity index is 1.94. The molecule has 6 atom stereocenters. The molecule has 1 saturated heterocycles. The molecular weight excluding hydrogens is 288 g/mol. The number of thioether (sulfide) groups is 1. The summed E-state index contributed by atoms with van der Waals surface area (Å²) < 4.78 is 4.23. The molecule has 0 unspecified atom stereocenters. The van der Waals surface area contributed by atoms with Gasteiger partial charge in [-0.25, -0.2) is 0 Å². The van der Waals surface area contributed by atoms with Crippen LogP contribution in [0.2, 0.25) is 0 Å². The van der Waals surface area contributed by atoms with Gasteiger partial charge >= 0.3 is 5.97 Å². The number of aliphatic hydroxyl groups is 2. The Morgan fingerprint density at radius 3 is 2.76 bits per heavy atom. The third-order valence-electron chi connectivity index (χ3n) is 5.32. The maximum atomic E-state index is 12.6. The first-order valence-electron chi connectivity index (χ1n) is 7.33. The van der Waals surface area contributed by atoms with Crippen molar-refractivity contribution in [1.29, 1.82) is 0 Å². The van der Waals surface area contributed by atoms with Gasteiger partial charge in [0.2, 0.25) is 0 Å². The number of rotatable bonds is 1. The number of methoxy groups -OCH3 is 1. The topological polar surface area (TPSA) is 66.8 Å². The molecule has 0 spiro atoms. The van der Waals surface area contributed by atoms with Gasteiger partial charge in [-0.3, -0.25) is 4.79 Å². The Hall–Kier alpha value is -1.04. The number of aliphatic hydroxyl groups excluding tert-OH is 2. The largest absolute Gasteiger partial charge is 0.468 e. The van der Waals surface area contributed by atoms with Crippen LogP contribution in [0.3, 0.4) is 0 Å². The Morgan fingerprint density at radius 1 is 1.29 bits per heavy atom. The molecule has 0 aromatic heterocycles. The smallest absolute Gasteiger partial charge is 0.326 e. The minimum atomic E-state index is -0.860. The van der Waals surface area contributed by atoms with Crippen LogP contribution < -0.4 is 0 Å². The van der Waals surface area contributed by atoms with E-state index in [1.54, 1.807) is 11.8 Å². The Morgan fingerprint density at radius 2 is 2.00 bits per heavy atom. The van der Waals surface area contributed by atoms with Gasteiger partial charge in [-0.05, 0) is 24.0 Å². The zero-order valence-electron chi connectivity index (χ0n) is 11.7. The molecule has 21 heavy (non-hydrogen) atoms. The molecule has 112 valence electrons. The highest BCUT2D eigenvalue weighted by atomic mass is 32.2. The predicted molar refractivity (Wildman–Crippen MR) is 78.7 cm³/mol. The Labute approximate surface area is 127 Å². The number of ether oxygens (including phenoxy) is 1. The molecule has 2 N–H and O–H groups in total. The fourth-order valence-electron chi connectivity index (χ4n) is 4.54. The molecule has 2 heterocycles. The minimum absolute atomic E-state index is 0.0650. The lowest BCUT2D eigenvalue weighted by Crippen LogP contribution is -2.52. The minimum Gasteiger partial charge on any atom is -0.468 e. The highest BCUT2D eigenvalue weighted by Crippen LogP contribution is 2.72. The number of fused-ring (bicyclic) bond motifs is 8. The maximum Gasteiger partial charge on any atom is 0.326 e. The van der Waals surface area contributed by atoms with Crippen molar-refractivity contribution >= 4 is 17.7 Å². The van der Waals surface area contributed by atoms with Gasteiger partial charge in [0, 0.05) is 17.1 Å². The maximum absolute atomic E-state index is 12.6. The van der Waals surface area contributed by atoms with Crippen molar-refractivity contribution in [3.63, 3.8) is 0 Å². The van der Waals surface area contributed by atoms with E-state index in [0.29, 0.717) is 12.8 Å². The summed E-state index contributed by atoms with van der Waals surface area (Å²) in [4.78, 5) is 12.6. The summed E-state index contributed by atoms with van der Waals surface area (Å²) in [6.07, 6.45) is 0.106. The molecule has 1 saturated carbocycles. The molecule has 3 aliphatic rings. The molecule has 2 bridgehead atoms. The van der Waals surface area contributed by atoms with E-state index in [0.717, 1.165) is 11.1 Å². The van der Waals surface area contributed by atoms with E-state index in [9.17, 15) is 15.0 Å². The summed E-state index contributed by atoms with van der Waals surface area (Å²) in [5.74, 6) is -0.644. The SMILES string of the molecule is COC(=O)[C@@]12S[C@@H](c3ccccc31)[C@@H]1[C@H]2[C@H](O)CC[C@@H]1O. The predicted octanol–water partition coefficient (Wildman–Crippen LogP) is 1.60. The van der Waals surface area contributed by atoms with E-state index in [2.05, 4.69) is 0 Å². The van der Waals surface area contributed by atoms with E-state index in [4.69, 9.17) is 4.74 Å². The second-order valence-electron chi connectivity index (χ2n) is 6.17. The Kier molecular flexibility index (Phi) is 2.90. The molecule has 4 nitrogen and oxygen atoms in total. The van der Waals surface area contributed by atoms with Crippen LogP contribution in [0.25, 0.3) is 0 Å². The quantitative estimate of drug-likeness (QED) is 0.772. The first kappa shape index (κ1) is 13.6. The van der Waals surface area contributed by atoms with E-state index in [1.165, 1.54) is 7.11 Å². The van der Waals surface area contributed by atoms with Gasteiger partial charge in [0.1, 0.15) is 4.75 Å². The number of carbonyl (C=O) groups excluding carboxylic acids is 1. The van der Waals surface area contributed by atoms with Crippen molar-refractivity contribution in [2.45, 2.75) is 35.0 Å². The van der Waals surface area contributed by atoms with Crippen LogP contribution in [0.15, 0.2) is 24.3 Å². The van der Waals surface area contributed by atoms with Gasteiger partial charge < -0.3 is 14.9 Å². The molecule has 2 aliphatic heterocycles. The van der Waals surface area contributed by atoms with Crippen LogP contribution in [-0.4, -0.2) is 35.5 Å². The fourth-order valence-corrected chi connectivity index (χ4v) is 6.75. The van der Waals surface area contributed by atoms with Crippen LogP contribution in [0.4, 0.5) is 0 Å². The number of carbonyl (C=O) groups is 1. The van der Waals surface area contributed by atoms with Gasteiger partial charge in [-0.15, -0.1) is 11.8 Å². The number of benzene rings is 1. The van der Waals surface area contributed by atoms with Crippen LogP contribution in [0.5, 0.6) is 0 Å². The molecule has 1 aliphatic carbocycles. The molecule has 1 aromatic carbocycles. The van der Waals surface area contributed by atoms with E-state index in [1.807, 2.05) is 24.3 Å². The van der Waals surface area contributed by atoms with Gasteiger partial charge in [0.05, 0.1) is 19.3 Å². The standard InChI is InChI=1S/C16H18O4S/c1-20-15(19)16-9-5-3-2-4-8(9)14(21-16)12-10(17)6-7-11(18)13(12)16/h2-5,10-14,17-18H,6-7H2,1H3/t10-,11+,12-,13+,14-,16+/m0/s1. The summed E-state index contributed by atoms with van der Waals surface area (Å²) in [6, 6.07) is 7.88. The molecule has 0 radical (unpaired) electrons. The highest BCUT2D eigenvalue weighted by molar-refractivity contribution is 8.01. The number of hydrogen-bond donors (Lipinski definition) is 2. The van der Waals surface area contributed by atoms with Gasteiger partial charge in [0.25, 0.3) is 0 Å². The molecular formula is C16H18O4S. The lowest BCUT2D eigenvalue weighted by atomic mass is 9.61. The van der Waals surface area contributed by atoms with Crippen molar-refractivity contribution in [3.8, 4) is 0 Å². The van der Waals surface area contributed by atoms with Crippen LogP contribution in [-0.2, 0) is 14.3 Å². The third kappa shape index (κ3) is 1.52. The van der Waals surface area contributed by atoms with Crippen LogP contribution >= 0.6 is 11.8 Å². The van der Waals surface area contributed by atoms with E-state index < -0.39 is 17.0 Å². The first-order chi connectivity index (χ1) is 10.1. The fraction of sp³-hybridized carbons (Fsp3) is 0.562. The summed E-state index contributed by atoms with van der Waals surface area (Å²) in [6.45, 7) is 0. The zero-order chi connectivity index (χ0) is 14.8. The zero-order valence-corrected chi connectivity index (χ0v) is 12.5. The Bertz CT molecular complexity index is 604. The lowest BCUT2D eigenvalue weighted by Gasteiger charge is -2.44. The van der Waals surface area contributed by atoms with Crippen LogP contribution in [0.1, 0.15) is 29.2 Å². The number of esters is 1. The third-order valence-corrected chi connectivity index (χ3v) is 7.17. The van der Waals surface area contributed by atoms with Gasteiger partial charge in [-0.2, -0.15) is 0 Å². The molecule has 4 rings (SSSR count). The first-order valence-corrected chi connectivity index (χ1v) is 8.21. The summed E-state index contributed by atoms with van der Waals surface area (Å²) in [5.41, 5.74) is 2.07. The highest BCUT2D eigenvalue weighted by Gasteiger charge is 2.69. The molecule has 2 fully saturated rings. The normalized spacial score (nSPS) is 43.3. The van der Waals surface area contributed by atoms with Gasteiger partial charge in [0.15, 0.2) is 0 Å². The second-order valence-corrected chi connectivity index (χ2v) is 7.56. The van der Waals surface area contributed by atoms with Crippen molar-refractivity contribution in [3.05, 3.63) is 35.4 Å². The summed E-state index contributed by atoms with van der Waals surface area (Å²) in [5, 5.41) is 21.0. The van der Waals surface area contributed by atoms with Crippen LogP contribution in [0, 0.1) is 11.8 Å². The molecule has 5 heteroatoms. The van der Waals surface area contributed by atoms with E-state index >= 15 is 0 Å². The van der Waals surface area contributed by atoms with Crippen molar-refractivity contribution in [2.75, 3.05) is 7.11 Å². The number of hydrogen-bond acceptors (Lipinski definition) is 5. The second kappa shape index (κ2) is 4.48. The summed E-state index contributed by atoms with van der Waals surface area (Å²) in [7, 11) is 1.40. The van der Waals surface area contributed by atoms with Crippen molar-refractivity contribution in [1.82, 2.24) is 0 Å². The van der Waals surface area contributed by atoms with Gasteiger partial charge in [-0.1, -0.05) is 24.3 Å². The van der Waals surface area contributed by atoms with Crippen molar-refractivity contribution < 1.29 is 19.7 Å². The molecule has 1 aromatic rings. The average molecular weight is 306 g/mol. The lowest BCUT2D eigenvalue weighted by molar-refractivity contribution is -0.151. The van der Waals surface area contributed by atoms with Crippen molar-refractivity contribution in [2.24, 2.45) is 11.8 Å². The average Bonchev–Trinajstić information content (AvgIpc) is 3.04.